The number of carbonyl (C=O) groups excluding carboxylic acids is 2. The highest BCUT2D eigenvalue weighted by atomic mass is 32.2. The first-order chi connectivity index (χ1) is 8.04. The lowest BCUT2D eigenvalue weighted by molar-refractivity contribution is -0.119. The Hall–Kier alpha value is -1.56. The van der Waals surface area contributed by atoms with Gasteiger partial charge in [0.25, 0.3) is 0 Å². The summed E-state index contributed by atoms with van der Waals surface area (Å²) >= 11 is 1.06. The molecule has 1 aromatic rings. The number of hydrogen-bond acceptors (Lipinski definition) is 3. The van der Waals surface area contributed by atoms with Crippen LogP contribution in [0, 0.1) is 5.82 Å². The highest BCUT2D eigenvalue weighted by Crippen LogP contribution is 2.25. The second kappa shape index (κ2) is 6.24. The molecular weight excluding hydrogens is 243 g/mol. The first kappa shape index (κ1) is 13.5. The first-order valence-corrected chi connectivity index (χ1v) is 5.86. The summed E-state index contributed by atoms with van der Waals surface area (Å²) in [4.78, 5) is 22.8. The summed E-state index contributed by atoms with van der Waals surface area (Å²) in [5, 5.41) is 3.86. The number of nitrogens with one attached hydrogen (secondary N) is 2. The fourth-order valence-electron chi connectivity index (χ4n) is 1.06. The average Bonchev–Trinajstić information content (AvgIpc) is 2.31. The van der Waals surface area contributed by atoms with Crippen molar-refractivity contribution in [1.82, 2.24) is 10.6 Å². The van der Waals surface area contributed by atoms with Crippen molar-refractivity contribution in [2.45, 2.75) is 17.1 Å². The van der Waals surface area contributed by atoms with Crippen molar-refractivity contribution in [3.63, 3.8) is 0 Å². The Bertz CT molecular complexity index is 426. The van der Waals surface area contributed by atoms with Crippen LogP contribution in [0.5, 0.6) is 0 Å². The van der Waals surface area contributed by atoms with Gasteiger partial charge in [-0.25, -0.2) is 9.18 Å². The molecule has 0 aliphatic heterocycles. The van der Waals surface area contributed by atoms with Crippen molar-refractivity contribution >= 4 is 23.7 Å². The Kier molecular flexibility index (Phi) is 4.96. The molecule has 1 atom stereocenters. The number of hydrogen-bond donors (Lipinski definition) is 2. The second-order valence-electron chi connectivity index (χ2n) is 3.26. The van der Waals surface area contributed by atoms with E-state index in [9.17, 15) is 14.0 Å². The topological polar surface area (TPSA) is 58.2 Å². The van der Waals surface area contributed by atoms with Gasteiger partial charge in [-0.15, -0.1) is 11.8 Å². The van der Waals surface area contributed by atoms with Crippen molar-refractivity contribution in [2.75, 3.05) is 7.05 Å². The molecule has 3 amide bonds. The van der Waals surface area contributed by atoms with Gasteiger partial charge in [0.1, 0.15) is 5.82 Å². The zero-order chi connectivity index (χ0) is 12.8. The number of amides is 3. The summed E-state index contributed by atoms with van der Waals surface area (Å²) < 4.78 is 13.3. The predicted molar refractivity (Wildman–Crippen MR) is 64.3 cm³/mol. The van der Waals surface area contributed by atoms with E-state index in [-0.39, 0.29) is 5.82 Å². The summed E-state index contributed by atoms with van der Waals surface area (Å²) in [5.41, 5.74) is 0. The van der Waals surface area contributed by atoms with Gasteiger partial charge in [-0.05, 0) is 19.1 Å². The van der Waals surface area contributed by atoms with E-state index >= 15 is 0 Å². The van der Waals surface area contributed by atoms with Crippen LogP contribution in [0.4, 0.5) is 9.18 Å². The fraction of sp³-hybridized carbons (Fsp3) is 0.273. The molecule has 0 bridgehead atoms. The molecule has 1 rings (SSSR count). The van der Waals surface area contributed by atoms with Gasteiger partial charge in [-0.1, -0.05) is 12.1 Å². The van der Waals surface area contributed by atoms with Gasteiger partial charge in [0, 0.05) is 11.9 Å². The fourth-order valence-corrected chi connectivity index (χ4v) is 1.94. The number of rotatable bonds is 3. The predicted octanol–water partition coefficient (Wildman–Crippen LogP) is 1.76. The van der Waals surface area contributed by atoms with Crippen molar-refractivity contribution in [3.05, 3.63) is 30.1 Å². The van der Waals surface area contributed by atoms with Crippen molar-refractivity contribution < 1.29 is 14.0 Å². The van der Waals surface area contributed by atoms with Gasteiger partial charge in [0.15, 0.2) is 0 Å². The standard InChI is InChI=1S/C11H13FN2O2S/c1-7(10(15)14-11(16)13-2)17-9-6-4-3-5-8(9)12/h3-7H,1-2H3,(H2,13,14,15,16)/t7-/m0/s1. The zero-order valence-electron chi connectivity index (χ0n) is 9.49. The van der Waals surface area contributed by atoms with Gasteiger partial charge in [0.05, 0.1) is 5.25 Å². The molecule has 0 saturated carbocycles. The summed E-state index contributed by atoms with van der Waals surface area (Å²) in [5.74, 6) is -0.838. The molecule has 6 heteroatoms. The number of urea groups is 1. The van der Waals surface area contributed by atoms with Crippen LogP contribution in [0.2, 0.25) is 0 Å². The largest absolute Gasteiger partial charge is 0.341 e. The maximum absolute atomic E-state index is 13.3. The lowest BCUT2D eigenvalue weighted by atomic mass is 10.3. The monoisotopic (exact) mass is 256 g/mol. The molecule has 0 aliphatic carbocycles. The maximum Gasteiger partial charge on any atom is 0.321 e. The Labute approximate surface area is 103 Å². The number of imide groups is 1. The van der Waals surface area contributed by atoms with E-state index in [0.717, 1.165) is 11.8 Å². The summed E-state index contributed by atoms with van der Waals surface area (Å²) in [6.07, 6.45) is 0. The molecule has 0 saturated heterocycles. The van der Waals surface area contributed by atoms with Crippen LogP contribution in [0.15, 0.2) is 29.2 Å². The van der Waals surface area contributed by atoms with Crippen LogP contribution in [0.25, 0.3) is 0 Å². The molecule has 92 valence electrons. The second-order valence-corrected chi connectivity index (χ2v) is 4.64. The van der Waals surface area contributed by atoms with E-state index in [1.807, 2.05) is 0 Å². The van der Waals surface area contributed by atoms with Crippen LogP contribution in [-0.4, -0.2) is 24.2 Å². The SMILES string of the molecule is CNC(=O)NC(=O)[C@H](C)Sc1ccccc1F. The molecule has 0 spiro atoms. The van der Waals surface area contributed by atoms with Crippen LogP contribution < -0.4 is 10.6 Å². The van der Waals surface area contributed by atoms with Gasteiger partial charge >= 0.3 is 6.03 Å². The lowest BCUT2D eigenvalue weighted by Crippen LogP contribution is -2.41. The highest BCUT2D eigenvalue weighted by Gasteiger charge is 2.17. The molecule has 2 N–H and O–H groups in total. The molecule has 0 aliphatic rings. The van der Waals surface area contributed by atoms with Crippen LogP contribution >= 0.6 is 11.8 Å². The minimum Gasteiger partial charge on any atom is -0.341 e. The third-order valence-corrected chi connectivity index (χ3v) is 3.13. The smallest absolute Gasteiger partial charge is 0.321 e. The van der Waals surface area contributed by atoms with E-state index in [4.69, 9.17) is 0 Å². The molecule has 1 aromatic carbocycles. The average molecular weight is 256 g/mol. The van der Waals surface area contributed by atoms with E-state index in [1.165, 1.54) is 13.1 Å². The van der Waals surface area contributed by atoms with E-state index in [0.29, 0.717) is 4.90 Å². The number of halogens is 1. The summed E-state index contributed by atoms with van der Waals surface area (Å²) in [6.45, 7) is 1.61. The Morgan fingerprint density at radius 2 is 2.00 bits per heavy atom. The molecule has 0 unspecified atom stereocenters. The number of benzene rings is 1. The van der Waals surface area contributed by atoms with Gasteiger partial charge in [-0.3, -0.25) is 10.1 Å². The minimum atomic E-state index is -0.573. The van der Waals surface area contributed by atoms with E-state index in [2.05, 4.69) is 10.6 Å². The highest BCUT2D eigenvalue weighted by molar-refractivity contribution is 8.00. The van der Waals surface area contributed by atoms with Gasteiger partial charge < -0.3 is 5.32 Å². The molecule has 17 heavy (non-hydrogen) atoms. The van der Waals surface area contributed by atoms with Gasteiger partial charge in [0.2, 0.25) is 5.91 Å². The Morgan fingerprint density at radius 3 is 2.59 bits per heavy atom. The zero-order valence-corrected chi connectivity index (χ0v) is 10.3. The minimum absolute atomic E-state index is 0.378. The molecular formula is C11H13FN2O2S. The third-order valence-electron chi connectivity index (χ3n) is 1.97. The molecule has 4 nitrogen and oxygen atoms in total. The van der Waals surface area contributed by atoms with E-state index in [1.54, 1.807) is 25.1 Å². The third kappa shape index (κ3) is 4.07. The lowest BCUT2D eigenvalue weighted by Gasteiger charge is -2.11. The van der Waals surface area contributed by atoms with Crippen LogP contribution in [0.3, 0.4) is 0 Å². The van der Waals surface area contributed by atoms with Gasteiger partial charge in [-0.2, -0.15) is 0 Å². The van der Waals surface area contributed by atoms with E-state index < -0.39 is 17.2 Å². The quantitative estimate of drug-likeness (QED) is 0.810. The normalized spacial score (nSPS) is 11.7. The first-order valence-electron chi connectivity index (χ1n) is 4.98. The molecule has 0 heterocycles. The summed E-state index contributed by atoms with van der Waals surface area (Å²) in [7, 11) is 1.41. The molecule has 0 aromatic heterocycles. The number of carbonyl (C=O) groups is 2. The van der Waals surface area contributed by atoms with Crippen molar-refractivity contribution in [3.8, 4) is 0 Å². The van der Waals surface area contributed by atoms with Crippen LogP contribution in [-0.2, 0) is 4.79 Å². The van der Waals surface area contributed by atoms with Crippen molar-refractivity contribution in [1.29, 1.82) is 0 Å². The van der Waals surface area contributed by atoms with Crippen molar-refractivity contribution in [2.24, 2.45) is 0 Å². The molecule has 0 radical (unpaired) electrons. The Morgan fingerprint density at radius 1 is 1.35 bits per heavy atom. The van der Waals surface area contributed by atoms with Crippen LogP contribution in [0.1, 0.15) is 6.92 Å². The molecule has 0 fully saturated rings. The summed E-state index contributed by atoms with van der Waals surface area (Å²) in [6, 6.07) is 5.61. The Balaban J connectivity index is 2.60. The number of thioether (sulfide) groups is 1. The maximum atomic E-state index is 13.3.